The maximum Gasteiger partial charge on any atom is 0.119 e. The van der Waals surface area contributed by atoms with Gasteiger partial charge in [0.25, 0.3) is 0 Å². The molecule has 27 heavy (non-hydrogen) atoms. The zero-order chi connectivity index (χ0) is 18.6. The van der Waals surface area contributed by atoms with Gasteiger partial charge in [0.2, 0.25) is 0 Å². The van der Waals surface area contributed by atoms with Gasteiger partial charge in [-0.25, -0.2) is 0 Å². The lowest BCUT2D eigenvalue weighted by Crippen LogP contribution is -2.30. The quantitative estimate of drug-likeness (QED) is 0.581. The lowest BCUT2D eigenvalue weighted by Gasteiger charge is -2.25. The van der Waals surface area contributed by atoms with Gasteiger partial charge in [-0.05, 0) is 54.3 Å². The molecule has 142 valence electrons. The molecule has 2 aromatic carbocycles. The predicted molar refractivity (Wildman–Crippen MR) is 110 cm³/mol. The van der Waals surface area contributed by atoms with Crippen LogP contribution in [-0.4, -0.2) is 25.2 Å². The number of aromatic amines is 1. The summed E-state index contributed by atoms with van der Waals surface area (Å²) in [5, 5.41) is 4.93. The van der Waals surface area contributed by atoms with Crippen molar-refractivity contribution in [3.8, 4) is 11.5 Å². The molecule has 0 bridgehead atoms. The molecule has 0 aliphatic carbocycles. The molecule has 0 radical (unpaired) electrons. The molecular formula is C23H28N2O2. The van der Waals surface area contributed by atoms with Crippen LogP contribution in [0.1, 0.15) is 49.0 Å². The largest absolute Gasteiger partial charge is 0.497 e. The summed E-state index contributed by atoms with van der Waals surface area (Å²) in [4.78, 5) is 3.63. The molecule has 1 aliphatic heterocycles. The van der Waals surface area contributed by atoms with E-state index in [1.165, 1.54) is 40.6 Å². The van der Waals surface area contributed by atoms with Gasteiger partial charge in [0.05, 0.1) is 19.8 Å². The van der Waals surface area contributed by atoms with Gasteiger partial charge in [0, 0.05) is 23.1 Å². The average Bonchev–Trinajstić information content (AvgIpc) is 3.09. The topological polar surface area (TPSA) is 46.3 Å². The van der Waals surface area contributed by atoms with E-state index in [4.69, 9.17) is 9.47 Å². The summed E-state index contributed by atoms with van der Waals surface area (Å²) < 4.78 is 11.3. The first-order valence-corrected chi connectivity index (χ1v) is 9.94. The number of benzene rings is 2. The van der Waals surface area contributed by atoms with Crippen LogP contribution in [0, 0.1) is 0 Å². The number of unbranched alkanes of at least 4 members (excludes halogenated alkanes) is 2. The van der Waals surface area contributed by atoms with Crippen LogP contribution in [0.15, 0.2) is 42.5 Å². The average molecular weight is 364 g/mol. The van der Waals surface area contributed by atoms with Crippen LogP contribution in [0.2, 0.25) is 0 Å². The normalized spacial score (nSPS) is 16.3. The standard InChI is InChI=1S/C23H28N2O2/c1-3-4-5-14-27-17-8-6-16(7-9-17)22-23-19(12-13-24-22)20-15-18(26-2)10-11-21(20)25-23/h6-11,15,22,24-25H,3-5,12-14H2,1-2H3. The summed E-state index contributed by atoms with van der Waals surface area (Å²) in [5.41, 5.74) is 5.09. The summed E-state index contributed by atoms with van der Waals surface area (Å²) >= 11 is 0. The number of ether oxygens (including phenoxy) is 2. The monoisotopic (exact) mass is 364 g/mol. The van der Waals surface area contributed by atoms with Crippen molar-refractivity contribution in [1.29, 1.82) is 0 Å². The highest BCUT2D eigenvalue weighted by molar-refractivity contribution is 5.86. The van der Waals surface area contributed by atoms with E-state index in [9.17, 15) is 0 Å². The van der Waals surface area contributed by atoms with Crippen molar-refractivity contribution in [1.82, 2.24) is 10.3 Å². The molecule has 0 amide bonds. The first-order valence-electron chi connectivity index (χ1n) is 9.94. The molecule has 0 spiro atoms. The summed E-state index contributed by atoms with van der Waals surface area (Å²) in [7, 11) is 1.72. The second-order valence-electron chi connectivity index (χ2n) is 7.19. The molecule has 2 heterocycles. The van der Waals surface area contributed by atoms with E-state index in [1.807, 2.05) is 6.07 Å². The second kappa shape index (κ2) is 8.05. The molecule has 2 N–H and O–H groups in total. The van der Waals surface area contributed by atoms with Gasteiger partial charge < -0.3 is 19.8 Å². The highest BCUT2D eigenvalue weighted by atomic mass is 16.5. The third-order valence-electron chi connectivity index (χ3n) is 5.39. The lowest BCUT2D eigenvalue weighted by atomic mass is 9.94. The fraction of sp³-hybridized carbons (Fsp3) is 0.391. The van der Waals surface area contributed by atoms with E-state index >= 15 is 0 Å². The van der Waals surface area contributed by atoms with E-state index in [0.29, 0.717) is 0 Å². The Kier molecular flexibility index (Phi) is 5.35. The number of nitrogens with one attached hydrogen (secondary N) is 2. The number of rotatable bonds is 7. The van der Waals surface area contributed by atoms with Crippen molar-refractivity contribution in [2.24, 2.45) is 0 Å². The summed E-state index contributed by atoms with van der Waals surface area (Å²) in [6.07, 6.45) is 4.58. The molecule has 0 saturated carbocycles. The van der Waals surface area contributed by atoms with Crippen LogP contribution >= 0.6 is 0 Å². The first-order chi connectivity index (χ1) is 13.3. The first kappa shape index (κ1) is 17.9. The van der Waals surface area contributed by atoms with E-state index in [0.717, 1.165) is 37.5 Å². The summed E-state index contributed by atoms with van der Waals surface area (Å²) in [6.45, 7) is 3.97. The van der Waals surface area contributed by atoms with Gasteiger partial charge in [-0.3, -0.25) is 0 Å². The molecule has 0 saturated heterocycles. The molecule has 1 atom stereocenters. The van der Waals surface area contributed by atoms with Gasteiger partial charge in [0.15, 0.2) is 0 Å². The fourth-order valence-corrected chi connectivity index (χ4v) is 3.92. The molecule has 4 nitrogen and oxygen atoms in total. The zero-order valence-corrected chi connectivity index (χ0v) is 16.2. The van der Waals surface area contributed by atoms with Crippen LogP contribution in [-0.2, 0) is 6.42 Å². The van der Waals surface area contributed by atoms with Crippen LogP contribution in [0.5, 0.6) is 11.5 Å². The highest BCUT2D eigenvalue weighted by Gasteiger charge is 2.25. The predicted octanol–water partition coefficient (Wildman–Crippen LogP) is 4.98. The van der Waals surface area contributed by atoms with E-state index < -0.39 is 0 Å². The molecule has 4 heteroatoms. The molecular weight excluding hydrogens is 336 g/mol. The van der Waals surface area contributed by atoms with Crippen LogP contribution in [0.25, 0.3) is 10.9 Å². The maximum absolute atomic E-state index is 5.85. The zero-order valence-electron chi connectivity index (χ0n) is 16.2. The smallest absolute Gasteiger partial charge is 0.119 e. The van der Waals surface area contributed by atoms with E-state index in [2.05, 4.69) is 53.6 Å². The minimum Gasteiger partial charge on any atom is -0.497 e. The van der Waals surface area contributed by atoms with Crippen molar-refractivity contribution in [2.75, 3.05) is 20.3 Å². The van der Waals surface area contributed by atoms with Crippen LogP contribution in [0.3, 0.4) is 0 Å². The molecule has 1 unspecified atom stereocenters. The Morgan fingerprint density at radius 1 is 1.04 bits per heavy atom. The Bertz CT molecular complexity index is 899. The van der Waals surface area contributed by atoms with E-state index in [1.54, 1.807) is 7.11 Å². The third-order valence-corrected chi connectivity index (χ3v) is 5.39. The van der Waals surface area contributed by atoms with Gasteiger partial charge in [0.1, 0.15) is 11.5 Å². The minimum absolute atomic E-state index is 0.182. The van der Waals surface area contributed by atoms with Crippen LogP contribution in [0.4, 0.5) is 0 Å². The number of hydrogen-bond donors (Lipinski definition) is 2. The maximum atomic E-state index is 5.85. The lowest BCUT2D eigenvalue weighted by molar-refractivity contribution is 0.306. The Hall–Kier alpha value is -2.46. The summed E-state index contributed by atoms with van der Waals surface area (Å²) in [5.74, 6) is 1.86. The molecule has 3 aromatic rings. The molecule has 1 aromatic heterocycles. The second-order valence-corrected chi connectivity index (χ2v) is 7.19. The van der Waals surface area contributed by atoms with Crippen molar-refractivity contribution in [3.63, 3.8) is 0 Å². The van der Waals surface area contributed by atoms with Crippen molar-refractivity contribution in [3.05, 3.63) is 59.3 Å². The van der Waals surface area contributed by atoms with Gasteiger partial charge in [-0.1, -0.05) is 31.9 Å². The van der Waals surface area contributed by atoms with Crippen molar-refractivity contribution >= 4 is 10.9 Å². The summed E-state index contributed by atoms with van der Waals surface area (Å²) in [6, 6.07) is 15.0. The SMILES string of the molecule is CCCCCOc1ccc(C2NCCc3c2[nH]c2ccc(OC)cc32)cc1. The Morgan fingerprint density at radius 3 is 2.63 bits per heavy atom. The number of H-pyrrole nitrogens is 1. The van der Waals surface area contributed by atoms with Crippen molar-refractivity contribution < 1.29 is 9.47 Å². The van der Waals surface area contributed by atoms with Crippen LogP contribution < -0.4 is 14.8 Å². The Balaban J connectivity index is 1.57. The molecule has 4 rings (SSSR count). The van der Waals surface area contributed by atoms with Crippen molar-refractivity contribution in [2.45, 2.75) is 38.6 Å². The minimum atomic E-state index is 0.182. The molecule has 0 fully saturated rings. The van der Waals surface area contributed by atoms with Gasteiger partial charge in [-0.15, -0.1) is 0 Å². The number of hydrogen-bond acceptors (Lipinski definition) is 3. The number of methoxy groups -OCH3 is 1. The number of aromatic nitrogens is 1. The van der Waals surface area contributed by atoms with Gasteiger partial charge in [-0.2, -0.15) is 0 Å². The van der Waals surface area contributed by atoms with E-state index in [-0.39, 0.29) is 6.04 Å². The molecule has 1 aliphatic rings. The highest BCUT2D eigenvalue weighted by Crippen LogP contribution is 2.35. The fourth-order valence-electron chi connectivity index (χ4n) is 3.92. The number of fused-ring (bicyclic) bond motifs is 3. The van der Waals surface area contributed by atoms with Gasteiger partial charge >= 0.3 is 0 Å². The Morgan fingerprint density at radius 2 is 1.85 bits per heavy atom. The Labute approximate surface area is 160 Å². The third kappa shape index (κ3) is 3.67.